The fourth-order valence-corrected chi connectivity index (χ4v) is 3.19. The van der Waals surface area contributed by atoms with Gasteiger partial charge in [0.2, 0.25) is 0 Å². The number of pyridine rings is 1. The van der Waals surface area contributed by atoms with Gasteiger partial charge in [0.05, 0.1) is 17.4 Å². The SMILES string of the molecule is Cc1cc(Cl)ccc1-c1cc2c(cn1)ncn2-c1ccc(OC(F)F)cc1. The number of rotatable bonds is 4. The summed E-state index contributed by atoms with van der Waals surface area (Å²) in [6.45, 7) is -0.868. The quantitative estimate of drug-likeness (QED) is 0.455. The van der Waals surface area contributed by atoms with Crippen LogP contribution in [-0.4, -0.2) is 21.1 Å². The van der Waals surface area contributed by atoms with Crippen LogP contribution in [0.1, 0.15) is 5.56 Å². The zero-order valence-electron chi connectivity index (χ0n) is 14.2. The molecule has 0 spiro atoms. The number of aryl methyl sites for hydroxylation is 1. The zero-order chi connectivity index (χ0) is 19.0. The highest BCUT2D eigenvalue weighted by molar-refractivity contribution is 6.30. The maximum Gasteiger partial charge on any atom is 0.387 e. The van der Waals surface area contributed by atoms with Gasteiger partial charge in [-0.2, -0.15) is 8.78 Å². The molecule has 0 saturated heterocycles. The second kappa shape index (κ2) is 6.96. The number of nitrogens with zero attached hydrogens (tertiary/aromatic N) is 3. The molecular weight excluding hydrogens is 372 g/mol. The molecule has 4 nitrogen and oxygen atoms in total. The minimum Gasteiger partial charge on any atom is -0.435 e. The van der Waals surface area contributed by atoms with Crippen LogP contribution in [0, 0.1) is 6.92 Å². The van der Waals surface area contributed by atoms with E-state index in [1.807, 2.05) is 35.8 Å². The van der Waals surface area contributed by atoms with Crippen molar-refractivity contribution in [3.8, 4) is 22.7 Å². The molecule has 0 aliphatic carbocycles. The van der Waals surface area contributed by atoms with Gasteiger partial charge in [-0.1, -0.05) is 17.7 Å². The Balaban J connectivity index is 1.76. The van der Waals surface area contributed by atoms with E-state index in [-0.39, 0.29) is 5.75 Å². The number of ether oxygens (including phenoxy) is 1. The van der Waals surface area contributed by atoms with Gasteiger partial charge in [0, 0.05) is 16.3 Å². The Kier molecular flexibility index (Phi) is 4.49. The van der Waals surface area contributed by atoms with Crippen LogP contribution in [0.5, 0.6) is 5.75 Å². The summed E-state index contributed by atoms with van der Waals surface area (Å²) in [6, 6.07) is 14.0. The second-order valence-corrected chi connectivity index (χ2v) is 6.44. The lowest BCUT2D eigenvalue weighted by Crippen LogP contribution is -2.02. The molecule has 136 valence electrons. The fraction of sp³-hybridized carbons (Fsp3) is 0.100. The van der Waals surface area contributed by atoms with Crippen molar-refractivity contribution in [1.82, 2.24) is 14.5 Å². The lowest BCUT2D eigenvalue weighted by Gasteiger charge is -2.09. The number of alkyl halides is 2. The van der Waals surface area contributed by atoms with Crippen LogP contribution in [-0.2, 0) is 0 Å². The van der Waals surface area contributed by atoms with Crippen LogP contribution < -0.4 is 4.74 Å². The van der Waals surface area contributed by atoms with Crippen molar-refractivity contribution >= 4 is 22.6 Å². The maximum atomic E-state index is 12.3. The number of hydrogen-bond acceptors (Lipinski definition) is 3. The number of halogens is 3. The lowest BCUT2D eigenvalue weighted by atomic mass is 10.1. The molecule has 27 heavy (non-hydrogen) atoms. The van der Waals surface area contributed by atoms with Crippen LogP contribution in [0.4, 0.5) is 8.78 Å². The largest absolute Gasteiger partial charge is 0.435 e. The Labute approximate surface area is 159 Å². The number of fused-ring (bicyclic) bond motifs is 1. The molecule has 0 N–H and O–H groups in total. The number of benzene rings is 2. The lowest BCUT2D eigenvalue weighted by molar-refractivity contribution is -0.0498. The van der Waals surface area contributed by atoms with Crippen molar-refractivity contribution < 1.29 is 13.5 Å². The molecule has 0 aliphatic heterocycles. The molecular formula is C20H14ClF2N3O. The van der Waals surface area contributed by atoms with E-state index in [1.54, 1.807) is 24.7 Å². The van der Waals surface area contributed by atoms with Crippen LogP contribution in [0.15, 0.2) is 61.1 Å². The first-order valence-electron chi connectivity index (χ1n) is 8.16. The van der Waals surface area contributed by atoms with Crippen molar-refractivity contribution in [3.05, 3.63) is 71.6 Å². The molecule has 0 amide bonds. The summed E-state index contributed by atoms with van der Waals surface area (Å²) in [5.74, 6) is 0.109. The zero-order valence-corrected chi connectivity index (χ0v) is 15.0. The summed E-state index contributed by atoms with van der Waals surface area (Å²) >= 11 is 6.04. The van der Waals surface area contributed by atoms with E-state index in [2.05, 4.69) is 14.7 Å². The molecule has 0 unspecified atom stereocenters. The van der Waals surface area contributed by atoms with Crippen LogP contribution in [0.25, 0.3) is 28.0 Å². The van der Waals surface area contributed by atoms with Gasteiger partial charge in [0.25, 0.3) is 0 Å². The summed E-state index contributed by atoms with van der Waals surface area (Å²) in [4.78, 5) is 8.86. The number of hydrogen-bond donors (Lipinski definition) is 0. The van der Waals surface area contributed by atoms with Crippen molar-refractivity contribution in [2.24, 2.45) is 0 Å². The maximum absolute atomic E-state index is 12.3. The molecule has 0 saturated carbocycles. The molecule has 0 fully saturated rings. The summed E-state index contributed by atoms with van der Waals surface area (Å²) in [7, 11) is 0. The van der Waals surface area contributed by atoms with E-state index < -0.39 is 6.61 Å². The van der Waals surface area contributed by atoms with Crippen molar-refractivity contribution in [3.63, 3.8) is 0 Å². The van der Waals surface area contributed by atoms with Gasteiger partial charge in [-0.15, -0.1) is 0 Å². The molecule has 4 aromatic rings. The molecule has 0 bridgehead atoms. The minimum atomic E-state index is -2.85. The van der Waals surface area contributed by atoms with Gasteiger partial charge in [-0.05, 0) is 55.0 Å². The van der Waals surface area contributed by atoms with E-state index in [1.165, 1.54) is 12.1 Å². The first-order chi connectivity index (χ1) is 13.0. The van der Waals surface area contributed by atoms with Gasteiger partial charge in [-0.25, -0.2) is 4.98 Å². The smallest absolute Gasteiger partial charge is 0.387 e. The van der Waals surface area contributed by atoms with Crippen LogP contribution in [0.3, 0.4) is 0 Å². The molecule has 7 heteroatoms. The summed E-state index contributed by atoms with van der Waals surface area (Å²) in [5, 5.41) is 0.675. The van der Waals surface area contributed by atoms with Gasteiger partial charge in [-0.3, -0.25) is 9.55 Å². The van der Waals surface area contributed by atoms with Crippen LogP contribution in [0.2, 0.25) is 5.02 Å². The van der Waals surface area contributed by atoms with Crippen molar-refractivity contribution in [2.75, 3.05) is 0 Å². The Morgan fingerprint density at radius 2 is 1.81 bits per heavy atom. The second-order valence-electron chi connectivity index (χ2n) is 6.00. The third-order valence-corrected chi connectivity index (χ3v) is 4.47. The molecule has 0 radical (unpaired) electrons. The predicted molar refractivity (Wildman–Crippen MR) is 101 cm³/mol. The third-order valence-electron chi connectivity index (χ3n) is 4.24. The average molecular weight is 386 g/mol. The highest BCUT2D eigenvalue weighted by Gasteiger charge is 2.11. The van der Waals surface area contributed by atoms with Crippen LogP contribution >= 0.6 is 11.6 Å². The molecule has 0 aliphatic rings. The van der Waals surface area contributed by atoms with Gasteiger partial charge in [0.15, 0.2) is 0 Å². The first kappa shape index (κ1) is 17.4. The average Bonchev–Trinajstić information content (AvgIpc) is 3.05. The van der Waals surface area contributed by atoms with Gasteiger partial charge < -0.3 is 4.74 Å². The monoisotopic (exact) mass is 385 g/mol. The van der Waals surface area contributed by atoms with E-state index in [0.29, 0.717) is 5.02 Å². The van der Waals surface area contributed by atoms with Crippen molar-refractivity contribution in [2.45, 2.75) is 13.5 Å². The molecule has 0 atom stereocenters. The van der Waals surface area contributed by atoms with Gasteiger partial charge >= 0.3 is 6.61 Å². The summed E-state index contributed by atoms with van der Waals surface area (Å²) < 4.78 is 30.9. The normalized spacial score (nSPS) is 11.3. The van der Waals surface area contributed by atoms with E-state index in [0.717, 1.165) is 33.5 Å². The predicted octanol–water partition coefficient (Wildman–Crippen LogP) is 5.65. The fourth-order valence-electron chi connectivity index (χ4n) is 2.97. The Morgan fingerprint density at radius 3 is 2.52 bits per heavy atom. The Hall–Kier alpha value is -2.99. The number of aromatic nitrogens is 3. The summed E-state index contributed by atoms with van der Waals surface area (Å²) in [5.41, 5.74) is 5.18. The van der Waals surface area contributed by atoms with Crippen molar-refractivity contribution in [1.29, 1.82) is 0 Å². The third kappa shape index (κ3) is 3.48. The molecule has 2 aromatic carbocycles. The topological polar surface area (TPSA) is 39.9 Å². The highest BCUT2D eigenvalue weighted by atomic mass is 35.5. The standard InChI is InChI=1S/C20H14ClF2N3O/c1-12-8-13(21)2-7-16(12)17-9-19-18(10-24-17)25-11-26(19)14-3-5-15(6-4-14)27-20(22)23/h2-11,20H,1H3. The Morgan fingerprint density at radius 1 is 1.04 bits per heavy atom. The summed E-state index contributed by atoms with van der Waals surface area (Å²) in [6.07, 6.45) is 3.39. The molecule has 2 heterocycles. The number of imidazole rings is 1. The van der Waals surface area contributed by atoms with E-state index in [9.17, 15) is 8.78 Å². The highest BCUT2D eigenvalue weighted by Crippen LogP contribution is 2.28. The minimum absolute atomic E-state index is 0.109. The first-order valence-corrected chi connectivity index (χ1v) is 8.54. The van der Waals surface area contributed by atoms with E-state index in [4.69, 9.17) is 11.6 Å². The van der Waals surface area contributed by atoms with E-state index >= 15 is 0 Å². The van der Waals surface area contributed by atoms with Gasteiger partial charge in [0.1, 0.15) is 17.6 Å². The Bertz CT molecular complexity index is 1110. The molecule has 2 aromatic heterocycles. The molecule has 4 rings (SSSR count).